The second kappa shape index (κ2) is 9.80. The molecule has 2 amide bonds. The highest BCUT2D eigenvalue weighted by Crippen LogP contribution is 2.29. The molecule has 0 fully saturated rings. The summed E-state index contributed by atoms with van der Waals surface area (Å²) < 4.78 is 39.2. The van der Waals surface area contributed by atoms with Crippen LogP contribution in [0, 0.1) is 11.6 Å². The molecule has 0 unspecified atom stereocenters. The fraction of sp³-hybridized carbons (Fsp3) is 0.333. The van der Waals surface area contributed by atoms with Crippen molar-refractivity contribution in [1.29, 1.82) is 0 Å². The Balaban J connectivity index is 1.67. The van der Waals surface area contributed by atoms with Crippen LogP contribution in [0.2, 0.25) is 0 Å². The van der Waals surface area contributed by atoms with Crippen LogP contribution in [0.5, 0.6) is 0 Å². The molecule has 0 atom stereocenters. The normalized spacial score (nSPS) is 13.9. The Morgan fingerprint density at radius 1 is 1.09 bits per heavy atom. The molecule has 170 valence electrons. The zero-order valence-corrected chi connectivity index (χ0v) is 18.3. The second-order valence-electron chi connectivity index (χ2n) is 8.40. The molecular weight excluding hydrogens is 418 g/mol. The number of anilines is 1. The van der Waals surface area contributed by atoms with Gasteiger partial charge in [0.2, 0.25) is 0 Å². The lowest BCUT2D eigenvalue weighted by atomic mass is 9.98. The lowest BCUT2D eigenvalue weighted by Crippen LogP contribution is -2.39. The van der Waals surface area contributed by atoms with Crippen molar-refractivity contribution in [2.45, 2.75) is 39.4 Å². The Morgan fingerprint density at radius 2 is 1.81 bits per heavy atom. The van der Waals surface area contributed by atoms with Crippen LogP contribution in [0.4, 0.5) is 24.1 Å². The van der Waals surface area contributed by atoms with E-state index in [1.54, 1.807) is 39.0 Å². The molecule has 0 saturated carbocycles. The molecule has 1 aliphatic rings. The number of benzene rings is 2. The number of rotatable bonds is 4. The van der Waals surface area contributed by atoms with Gasteiger partial charge in [0.15, 0.2) is 0 Å². The first kappa shape index (κ1) is 23.2. The molecule has 8 heteroatoms. The van der Waals surface area contributed by atoms with Crippen LogP contribution in [0.3, 0.4) is 0 Å². The van der Waals surface area contributed by atoms with Crippen molar-refractivity contribution in [3.8, 4) is 0 Å². The van der Waals surface area contributed by atoms with Gasteiger partial charge in [-0.25, -0.2) is 18.4 Å². The standard InChI is InChI=1S/C24H26F2N2O4/c1-24(2,3)32-23(30)28-11-9-17(10-12-28)18-13-21(20(26)14-19(18)25)27-22(29)31-15-16-7-5-4-6-8-16/h4-9,13-14H,10-12,15H2,1-3H3,(H,27,29). The van der Waals surface area contributed by atoms with Crippen molar-refractivity contribution >= 4 is 23.4 Å². The SMILES string of the molecule is CC(C)(C)OC(=O)N1CC=C(c2cc(NC(=O)OCc3ccccc3)c(F)cc2F)CC1. The third-order valence-electron chi connectivity index (χ3n) is 4.71. The maximum absolute atomic E-state index is 14.5. The monoisotopic (exact) mass is 444 g/mol. The molecule has 2 aromatic rings. The Kier molecular flexibility index (Phi) is 7.12. The molecule has 2 aromatic carbocycles. The summed E-state index contributed by atoms with van der Waals surface area (Å²) in [5, 5.41) is 2.33. The molecule has 0 aromatic heterocycles. The minimum atomic E-state index is -0.908. The highest BCUT2D eigenvalue weighted by atomic mass is 19.1. The molecule has 1 heterocycles. The van der Waals surface area contributed by atoms with Gasteiger partial charge < -0.3 is 14.4 Å². The molecule has 0 bridgehead atoms. The first-order chi connectivity index (χ1) is 15.1. The number of halogens is 2. The minimum Gasteiger partial charge on any atom is -0.444 e. The molecule has 0 radical (unpaired) electrons. The summed E-state index contributed by atoms with van der Waals surface area (Å²) in [5.74, 6) is -1.66. The predicted molar refractivity (Wildman–Crippen MR) is 117 cm³/mol. The van der Waals surface area contributed by atoms with E-state index in [4.69, 9.17) is 9.47 Å². The Labute approximate surface area is 185 Å². The Morgan fingerprint density at radius 3 is 2.44 bits per heavy atom. The summed E-state index contributed by atoms with van der Waals surface area (Å²) >= 11 is 0. The number of carbonyl (C=O) groups is 2. The zero-order valence-electron chi connectivity index (χ0n) is 18.3. The van der Waals surface area contributed by atoms with Gasteiger partial charge in [-0.05, 0) is 44.4 Å². The van der Waals surface area contributed by atoms with E-state index in [9.17, 15) is 18.4 Å². The molecule has 6 nitrogen and oxygen atoms in total. The fourth-order valence-electron chi connectivity index (χ4n) is 3.17. The average molecular weight is 444 g/mol. The topological polar surface area (TPSA) is 67.9 Å². The van der Waals surface area contributed by atoms with Gasteiger partial charge >= 0.3 is 12.2 Å². The predicted octanol–water partition coefficient (Wildman–Crippen LogP) is 5.74. The number of hydrogen-bond acceptors (Lipinski definition) is 4. The van der Waals surface area contributed by atoms with Crippen molar-refractivity contribution < 1.29 is 27.8 Å². The van der Waals surface area contributed by atoms with E-state index in [1.807, 2.05) is 18.2 Å². The van der Waals surface area contributed by atoms with E-state index < -0.39 is 29.4 Å². The largest absolute Gasteiger partial charge is 0.444 e. The van der Waals surface area contributed by atoms with E-state index in [-0.39, 0.29) is 24.4 Å². The maximum Gasteiger partial charge on any atom is 0.412 e. The quantitative estimate of drug-likeness (QED) is 0.653. The number of hydrogen-bond donors (Lipinski definition) is 1. The molecule has 3 rings (SSSR count). The van der Waals surface area contributed by atoms with Crippen LogP contribution in [-0.2, 0) is 16.1 Å². The molecule has 1 aliphatic heterocycles. The van der Waals surface area contributed by atoms with Crippen molar-refractivity contribution in [3.63, 3.8) is 0 Å². The van der Waals surface area contributed by atoms with E-state index in [0.29, 0.717) is 18.5 Å². The summed E-state index contributed by atoms with van der Waals surface area (Å²) in [6, 6.07) is 11.0. The third kappa shape index (κ3) is 6.29. The number of ether oxygens (including phenoxy) is 2. The smallest absolute Gasteiger partial charge is 0.412 e. The lowest BCUT2D eigenvalue weighted by Gasteiger charge is -2.29. The highest BCUT2D eigenvalue weighted by molar-refractivity contribution is 5.86. The van der Waals surface area contributed by atoms with Crippen molar-refractivity contribution in [2.75, 3.05) is 18.4 Å². The van der Waals surface area contributed by atoms with Gasteiger partial charge in [-0.15, -0.1) is 0 Å². The van der Waals surface area contributed by atoms with Crippen molar-refractivity contribution in [3.05, 3.63) is 71.3 Å². The zero-order chi connectivity index (χ0) is 23.3. The van der Waals surface area contributed by atoms with Crippen LogP contribution in [-0.4, -0.2) is 35.8 Å². The van der Waals surface area contributed by atoms with Crippen LogP contribution >= 0.6 is 0 Å². The van der Waals surface area contributed by atoms with Crippen LogP contribution in [0.15, 0.2) is 48.5 Å². The summed E-state index contributed by atoms with van der Waals surface area (Å²) in [5.41, 5.74) is 0.760. The molecule has 0 aliphatic carbocycles. The van der Waals surface area contributed by atoms with Gasteiger partial charge in [0, 0.05) is 24.7 Å². The van der Waals surface area contributed by atoms with Crippen LogP contribution in [0.1, 0.15) is 38.3 Å². The van der Waals surface area contributed by atoms with Crippen molar-refractivity contribution in [2.24, 2.45) is 0 Å². The third-order valence-corrected chi connectivity index (χ3v) is 4.71. The highest BCUT2D eigenvalue weighted by Gasteiger charge is 2.25. The summed E-state index contributed by atoms with van der Waals surface area (Å²) in [7, 11) is 0. The second-order valence-corrected chi connectivity index (χ2v) is 8.40. The lowest BCUT2D eigenvalue weighted by molar-refractivity contribution is 0.0270. The summed E-state index contributed by atoms with van der Waals surface area (Å²) in [4.78, 5) is 25.8. The van der Waals surface area contributed by atoms with Gasteiger partial charge in [0.1, 0.15) is 23.8 Å². The first-order valence-corrected chi connectivity index (χ1v) is 10.3. The Hall–Kier alpha value is -3.42. The van der Waals surface area contributed by atoms with Crippen molar-refractivity contribution in [1.82, 2.24) is 4.90 Å². The van der Waals surface area contributed by atoms with E-state index in [2.05, 4.69) is 5.32 Å². The van der Waals surface area contributed by atoms with Gasteiger partial charge in [0.25, 0.3) is 0 Å². The molecule has 1 N–H and O–H groups in total. The van der Waals surface area contributed by atoms with Gasteiger partial charge in [0.05, 0.1) is 5.69 Å². The minimum absolute atomic E-state index is 0.0218. The maximum atomic E-state index is 14.5. The fourth-order valence-corrected chi connectivity index (χ4v) is 3.17. The van der Waals surface area contributed by atoms with E-state index >= 15 is 0 Å². The molecule has 0 saturated heterocycles. The molecule has 0 spiro atoms. The van der Waals surface area contributed by atoms with E-state index in [0.717, 1.165) is 11.6 Å². The number of nitrogens with zero attached hydrogens (tertiary/aromatic N) is 1. The summed E-state index contributed by atoms with van der Waals surface area (Å²) in [6.45, 7) is 5.94. The van der Waals surface area contributed by atoms with Crippen LogP contribution in [0.25, 0.3) is 5.57 Å². The van der Waals surface area contributed by atoms with E-state index in [1.165, 1.54) is 11.0 Å². The molecule has 32 heavy (non-hydrogen) atoms. The number of carbonyl (C=O) groups excluding carboxylic acids is 2. The summed E-state index contributed by atoms with van der Waals surface area (Å²) in [6.07, 6.45) is 0.760. The molecular formula is C24H26F2N2O4. The average Bonchev–Trinajstić information content (AvgIpc) is 2.74. The van der Waals surface area contributed by atoms with Gasteiger partial charge in [-0.2, -0.15) is 0 Å². The Bertz CT molecular complexity index is 1020. The number of amides is 2. The first-order valence-electron chi connectivity index (χ1n) is 10.3. The number of nitrogens with one attached hydrogen (secondary N) is 1. The van der Waals surface area contributed by atoms with Gasteiger partial charge in [-0.1, -0.05) is 36.4 Å². The van der Waals surface area contributed by atoms with Crippen LogP contribution < -0.4 is 5.32 Å². The van der Waals surface area contributed by atoms with Gasteiger partial charge in [-0.3, -0.25) is 5.32 Å².